The summed E-state index contributed by atoms with van der Waals surface area (Å²) in [4.78, 5) is 25.3. The Bertz CT molecular complexity index is 784. The van der Waals surface area contributed by atoms with Crippen LogP contribution in [0.15, 0.2) is 40.2 Å². The maximum Gasteiger partial charge on any atom is 0.273 e. The molecule has 0 unspecified atom stereocenters. The van der Waals surface area contributed by atoms with Crippen LogP contribution in [-0.2, 0) is 0 Å². The molecule has 3 aromatic heterocycles. The van der Waals surface area contributed by atoms with E-state index >= 15 is 0 Å². The number of aromatic nitrogens is 5. The summed E-state index contributed by atoms with van der Waals surface area (Å²) in [6.45, 7) is 0. The van der Waals surface area contributed by atoms with E-state index in [0.717, 1.165) is 0 Å². The van der Waals surface area contributed by atoms with Crippen LogP contribution in [0.4, 0.5) is 0 Å². The molecule has 7 nitrogen and oxygen atoms in total. The molecule has 17 heavy (non-hydrogen) atoms. The van der Waals surface area contributed by atoms with E-state index in [-0.39, 0.29) is 11.1 Å². The van der Waals surface area contributed by atoms with Crippen LogP contribution in [0.3, 0.4) is 0 Å². The summed E-state index contributed by atoms with van der Waals surface area (Å²) in [5, 5.41) is 10.6. The van der Waals surface area contributed by atoms with Crippen LogP contribution in [0, 0.1) is 0 Å². The van der Waals surface area contributed by atoms with E-state index in [1.54, 1.807) is 12.1 Å². The molecule has 3 heterocycles. The number of aromatic amines is 2. The van der Waals surface area contributed by atoms with Gasteiger partial charge in [-0.1, -0.05) is 0 Å². The normalized spacial score (nSPS) is 10.8. The summed E-state index contributed by atoms with van der Waals surface area (Å²) in [7, 11) is 0. The Labute approximate surface area is 93.7 Å². The van der Waals surface area contributed by atoms with Gasteiger partial charge in [0.2, 0.25) is 5.56 Å². The lowest BCUT2D eigenvalue weighted by molar-refractivity contribution is 0.824. The van der Waals surface area contributed by atoms with Gasteiger partial charge in [0.15, 0.2) is 5.82 Å². The molecule has 0 bridgehead atoms. The third-order valence-electron chi connectivity index (χ3n) is 2.39. The topological polar surface area (TPSA) is 96.4 Å². The van der Waals surface area contributed by atoms with Gasteiger partial charge in [-0.05, 0) is 12.1 Å². The van der Waals surface area contributed by atoms with Crippen LogP contribution < -0.4 is 11.1 Å². The lowest BCUT2D eigenvalue weighted by atomic mass is 10.3. The summed E-state index contributed by atoms with van der Waals surface area (Å²) in [5.74, 6) is 0.449. The van der Waals surface area contributed by atoms with E-state index in [4.69, 9.17) is 0 Å². The fourth-order valence-corrected chi connectivity index (χ4v) is 1.64. The molecule has 3 rings (SSSR count). The van der Waals surface area contributed by atoms with Crippen molar-refractivity contribution in [3.05, 3.63) is 51.3 Å². The highest BCUT2D eigenvalue weighted by Gasteiger charge is 2.09. The second-order valence-electron chi connectivity index (χ2n) is 3.45. The second-order valence-corrected chi connectivity index (χ2v) is 3.45. The molecule has 0 saturated heterocycles. The number of hydrogen-bond acceptors (Lipinski definition) is 4. The fraction of sp³-hybridized carbons (Fsp3) is 0. The smallest absolute Gasteiger partial charge is 0.273 e. The van der Waals surface area contributed by atoms with Crippen molar-refractivity contribution in [1.29, 1.82) is 0 Å². The van der Waals surface area contributed by atoms with Gasteiger partial charge >= 0.3 is 0 Å². The molecule has 3 aromatic rings. The second kappa shape index (κ2) is 3.41. The van der Waals surface area contributed by atoms with Gasteiger partial charge in [0.1, 0.15) is 0 Å². The molecule has 0 aliphatic rings. The molecular weight excluding hydrogens is 222 g/mol. The highest BCUT2D eigenvalue weighted by molar-refractivity contribution is 5.78. The van der Waals surface area contributed by atoms with Crippen LogP contribution in [0.2, 0.25) is 0 Å². The number of hydrogen-bond donors (Lipinski definition) is 2. The average molecular weight is 229 g/mol. The summed E-state index contributed by atoms with van der Waals surface area (Å²) < 4.78 is 1.43. The van der Waals surface area contributed by atoms with Crippen LogP contribution in [0.5, 0.6) is 0 Å². The first-order chi connectivity index (χ1) is 8.25. The third-order valence-corrected chi connectivity index (χ3v) is 2.39. The third kappa shape index (κ3) is 1.44. The minimum Gasteiger partial charge on any atom is -0.328 e. The molecule has 7 heteroatoms. The zero-order chi connectivity index (χ0) is 11.8. The van der Waals surface area contributed by atoms with Crippen molar-refractivity contribution in [3.8, 4) is 5.82 Å². The largest absolute Gasteiger partial charge is 0.328 e. The SMILES string of the molecule is O=c1cc2c(c[nH]1)c(=O)[nH]n2-c1cccnn1. The first-order valence-corrected chi connectivity index (χ1v) is 4.87. The predicted molar refractivity (Wildman–Crippen MR) is 60.1 cm³/mol. The maximum absolute atomic E-state index is 11.6. The molecule has 0 saturated carbocycles. The van der Waals surface area contributed by atoms with Gasteiger partial charge in [-0.15, -0.1) is 5.10 Å². The molecule has 0 aromatic carbocycles. The number of nitrogens with zero attached hydrogens (tertiary/aromatic N) is 3. The lowest BCUT2D eigenvalue weighted by Gasteiger charge is -2.00. The minimum atomic E-state index is -0.290. The van der Waals surface area contributed by atoms with Crippen molar-refractivity contribution in [1.82, 2.24) is 25.0 Å². The van der Waals surface area contributed by atoms with Crippen LogP contribution in [0.25, 0.3) is 16.7 Å². The maximum atomic E-state index is 11.6. The molecule has 0 fully saturated rings. The zero-order valence-electron chi connectivity index (χ0n) is 8.54. The monoisotopic (exact) mass is 229 g/mol. The van der Waals surface area contributed by atoms with Crippen molar-refractivity contribution in [2.75, 3.05) is 0 Å². The Balaban J connectivity index is 2.42. The van der Waals surface area contributed by atoms with E-state index in [9.17, 15) is 9.59 Å². The van der Waals surface area contributed by atoms with E-state index in [0.29, 0.717) is 16.7 Å². The van der Waals surface area contributed by atoms with Crippen molar-refractivity contribution < 1.29 is 0 Å². The van der Waals surface area contributed by atoms with E-state index in [1.807, 2.05) is 0 Å². The number of fused-ring (bicyclic) bond motifs is 1. The van der Waals surface area contributed by atoms with E-state index in [1.165, 1.54) is 23.1 Å². The molecule has 0 aliphatic carbocycles. The average Bonchev–Trinajstić information content (AvgIpc) is 2.67. The number of nitrogens with one attached hydrogen (secondary N) is 2. The Morgan fingerprint density at radius 2 is 2.18 bits per heavy atom. The van der Waals surface area contributed by atoms with Crippen molar-refractivity contribution >= 4 is 10.9 Å². The number of pyridine rings is 1. The Kier molecular flexibility index (Phi) is 1.91. The van der Waals surface area contributed by atoms with Crippen molar-refractivity contribution in [2.24, 2.45) is 0 Å². The highest BCUT2D eigenvalue weighted by atomic mass is 16.1. The fourth-order valence-electron chi connectivity index (χ4n) is 1.64. The van der Waals surface area contributed by atoms with Crippen LogP contribution in [0.1, 0.15) is 0 Å². The lowest BCUT2D eigenvalue weighted by Crippen LogP contribution is -2.06. The molecular formula is C10H7N5O2. The number of H-pyrrole nitrogens is 2. The number of rotatable bonds is 1. The summed E-state index contributed by atoms with van der Waals surface area (Å²) in [6.07, 6.45) is 2.91. The first-order valence-electron chi connectivity index (χ1n) is 4.87. The summed E-state index contributed by atoms with van der Waals surface area (Å²) >= 11 is 0. The van der Waals surface area contributed by atoms with Gasteiger partial charge < -0.3 is 4.98 Å². The van der Waals surface area contributed by atoms with Crippen LogP contribution >= 0.6 is 0 Å². The Morgan fingerprint density at radius 3 is 2.94 bits per heavy atom. The highest BCUT2D eigenvalue weighted by Crippen LogP contribution is 2.09. The predicted octanol–water partition coefficient (Wildman–Crippen LogP) is -0.203. The quantitative estimate of drug-likeness (QED) is 0.603. The van der Waals surface area contributed by atoms with E-state index < -0.39 is 0 Å². The summed E-state index contributed by atoms with van der Waals surface area (Å²) in [6, 6.07) is 4.71. The molecule has 0 amide bonds. The van der Waals surface area contributed by atoms with Gasteiger partial charge in [0.25, 0.3) is 5.56 Å². The molecule has 0 spiro atoms. The van der Waals surface area contributed by atoms with Gasteiger partial charge in [0, 0.05) is 18.5 Å². The van der Waals surface area contributed by atoms with Gasteiger partial charge in [-0.2, -0.15) is 5.10 Å². The molecule has 2 N–H and O–H groups in total. The van der Waals surface area contributed by atoms with Crippen molar-refractivity contribution in [2.45, 2.75) is 0 Å². The van der Waals surface area contributed by atoms with Gasteiger partial charge in [-0.3, -0.25) is 14.7 Å². The standard InChI is InChI=1S/C10H7N5O2/c16-9-4-7-6(5-11-9)10(17)14-15(7)8-2-1-3-12-13-8/h1-5H,(H,11,16)(H,14,17). The molecule has 0 radical (unpaired) electrons. The Morgan fingerprint density at radius 1 is 1.29 bits per heavy atom. The Hall–Kier alpha value is -2.70. The first kappa shape index (κ1) is 9.52. The molecule has 0 aliphatic heterocycles. The zero-order valence-corrected chi connectivity index (χ0v) is 8.54. The molecule has 0 atom stereocenters. The van der Waals surface area contributed by atoms with Gasteiger partial charge in [0.05, 0.1) is 10.9 Å². The van der Waals surface area contributed by atoms with E-state index in [2.05, 4.69) is 20.3 Å². The minimum absolute atomic E-state index is 0.283. The van der Waals surface area contributed by atoms with Crippen molar-refractivity contribution in [3.63, 3.8) is 0 Å². The van der Waals surface area contributed by atoms with Gasteiger partial charge in [-0.25, -0.2) is 4.68 Å². The summed E-state index contributed by atoms with van der Waals surface area (Å²) in [5.41, 5.74) is -0.102. The molecule has 84 valence electrons. The van der Waals surface area contributed by atoms with Crippen LogP contribution in [-0.4, -0.2) is 25.0 Å².